The van der Waals surface area contributed by atoms with Crippen LogP contribution in [-0.4, -0.2) is 17.6 Å². The molecule has 18 heavy (non-hydrogen) atoms. The van der Waals surface area contributed by atoms with E-state index in [1.165, 1.54) is 6.07 Å². The molecule has 3 nitrogen and oxygen atoms in total. The number of carbonyl (C=O) groups is 1. The van der Waals surface area contributed by atoms with E-state index in [1.807, 2.05) is 0 Å². The summed E-state index contributed by atoms with van der Waals surface area (Å²) in [6, 6.07) is 1.27. The predicted molar refractivity (Wildman–Crippen MR) is 67.2 cm³/mol. The molecule has 0 aliphatic carbocycles. The van der Waals surface area contributed by atoms with E-state index in [0.717, 1.165) is 0 Å². The van der Waals surface area contributed by atoms with E-state index < -0.39 is 12.4 Å². The topological polar surface area (TPSA) is 39.2 Å². The van der Waals surface area contributed by atoms with E-state index in [1.54, 1.807) is 6.92 Å². The van der Waals surface area contributed by atoms with E-state index in [4.69, 9.17) is 16.3 Å². The van der Waals surface area contributed by atoms with Crippen molar-refractivity contribution in [1.82, 2.24) is 4.98 Å². The summed E-state index contributed by atoms with van der Waals surface area (Å²) in [6.07, 6.45) is -2.96. The molecule has 0 spiro atoms. The summed E-state index contributed by atoms with van der Waals surface area (Å²) in [4.78, 5) is 15.2. The minimum atomic E-state index is -2.72. The molecule has 1 heterocycles. The number of aromatic nitrogens is 1. The Morgan fingerprint density at radius 3 is 2.78 bits per heavy atom. The van der Waals surface area contributed by atoms with E-state index in [0.29, 0.717) is 0 Å². The number of rotatable bonds is 5. The predicted octanol–water partition coefficient (Wildman–Crippen LogP) is 3.67. The lowest BCUT2D eigenvalue weighted by Crippen LogP contribution is -2.11. The number of halogens is 4. The third-order valence-corrected chi connectivity index (χ3v) is 2.90. The number of hydrogen-bond acceptors (Lipinski definition) is 3. The van der Waals surface area contributed by atoms with Crippen LogP contribution < -0.4 is 0 Å². The van der Waals surface area contributed by atoms with Crippen LogP contribution in [0.15, 0.2) is 6.07 Å². The van der Waals surface area contributed by atoms with Crippen molar-refractivity contribution in [2.45, 2.75) is 25.1 Å². The number of alkyl halides is 3. The quantitative estimate of drug-likeness (QED) is 0.465. The molecule has 0 atom stereocenters. The Morgan fingerprint density at radius 1 is 1.61 bits per heavy atom. The minimum absolute atomic E-state index is 0.0770. The molecule has 0 aliphatic heterocycles. The second-order valence-corrected chi connectivity index (χ2v) is 4.33. The van der Waals surface area contributed by atoms with Crippen LogP contribution in [0.2, 0.25) is 5.15 Å². The van der Waals surface area contributed by atoms with Crippen molar-refractivity contribution in [2.24, 2.45) is 0 Å². The number of nitrogens with zero attached hydrogens (tertiary/aromatic N) is 1. The summed E-state index contributed by atoms with van der Waals surface area (Å²) in [5.41, 5.74) is 0.0269. The second kappa shape index (κ2) is 6.99. The molecular formula is C11H11BrClF2NO2. The molecule has 0 aromatic carbocycles. The summed E-state index contributed by atoms with van der Waals surface area (Å²) in [6.45, 7) is 1.85. The third kappa shape index (κ3) is 3.88. The van der Waals surface area contributed by atoms with Crippen LogP contribution >= 0.6 is 27.5 Å². The average Bonchev–Trinajstić information content (AvgIpc) is 2.27. The molecule has 0 radical (unpaired) electrons. The van der Waals surface area contributed by atoms with Crippen molar-refractivity contribution >= 4 is 33.5 Å². The summed E-state index contributed by atoms with van der Waals surface area (Å²) in [5.74, 6) is -0.567. The van der Waals surface area contributed by atoms with E-state index in [9.17, 15) is 13.6 Å². The van der Waals surface area contributed by atoms with Crippen molar-refractivity contribution < 1.29 is 18.3 Å². The van der Waals surface area contributed by atoms with Gasteiger partial charge < -0.3 is 4.74 Å². The molecular weight excluding hydrogens is 331 g/mol. The van der Waals surface area contributed by atoms with Crippen LogP contribution in [0.25, 0.3) is 0 Å². The van der Waals surface area contributed by atoms with Crippen molar-refractivity contribution in [3.8, 4) is 0 Å². The molecule has 0 saturated carbocycles. The second-order valence-electron chi connectivity index (χ2n) is 3.38. The fraction of sp³-hybridized carbons (Fsp3) is 0.455. The van der Waals surface area contributed by atoms with Crippen LogP contribution in [0.4, 0.5) is 8.78 Å². The van der Waals surface area contributed by atoms with Crippen molar-refractivity contribution in [3.05, 3.63) is 28.0 Å². The van der Waals surface area contributed by atoms with Crippen molar-refractivity contribution in [3.63, 3.8) is 0 Å². The Bertz CT molecular complexity index is 443. The number of hydrogen-bond donors (Lipinski definition) is 0. The van der Waals surface area contributed by atoms with Gasteiger partial charge in [0, 0.05) is 10.9 Å². The maximum atomic E-state index is 13.0. The van der Waals surface area contributed by atoms with Crippen LogP contribution in [0.3, 0.4) is 0 Å². The third-order valence-electron chi connectivity index (χ3n) is 2.18. The first-order valence-electron chi connectivity index (χ1n) is 5.17. The van der Waals surface area contributed by atoms with Gasteiger partial charge in [-0.1, -0.05) is 27.5 Å². The van der Waals surface area contributed by atoms with Gasteiger partial charge in [0.1, 0.15) is 5.15 Å². The molecule has 0 saturated heterocycles. The van der Waals surface area contributed by atoms with E-state index in [-0.39, 0.29) is 40.3 Å². The summed E-state index contributed by atoms with van der Waals surface area (Å²) in [7, 11) is 0. The highest BCUT2D eigenvalue weighted by atomic mass is 79.9. The zero-order valence-electron chi connectivity index (χ0n) is 9.55. The fourth-order valence-electron chi connectivity index (χ4n) is 1.51. The van der Waals surface area contributed by atoms with Crippen LogP contribution in [0, 0.1) is 0 Å². The maximum absolute atomic E-state index is 13.0. The molecule has 0 N–H and O–H groups in total. The highest BCUT2D eigenvalue weighted by molar-refractivity contribution is 9.08. The smallest absolute Gasteiger partial charge is 0.310 e. The summed E-state index contributed by atoms with van der Waals surface area (Å²) < 4.78 is 30.7. The lowest BCUT2D eigenvalue weighted by atomic mass is 10.0. The van der Waals surface area contributed by atoms with Gasteiger partial charge in [-0.25, -0.2) is 13.8 Å². The molecule has 0 bridgehead atoms. The maximum Gasteiger partial charge on any atom is 0.310 e. The Morgan fingerprint density at radius 2 is 2.28 bits per heavy atom. The molecule has 0 aliphatic rings. The fourth-order valence-corrected chi connectivity index (χ4v) is 2.17. The first kappa shape index (κ1) is 15.3. The molecule has 100 valence electrons. The number of ether oxygens (including phenoxy) is 1. The molecule has 0 fully saturated rings. The van der Waals surface area contributed by atoms with Crippen LogP contribution in [0.5, 0.6) is 0 Å². The largest absolute Gasteiger partial charge is 0.466 e. The van der Waals surface area contributed by atoms with E-state index >= 15 is 0 Å². The Kier molecular flexibility index (Phi) is 5.95. The van der Waals surface area contributed by atoms with Crippen molar-refractivity contribution in [1.29, 1.82) is 0 Å². The Hall–Kier alpha value is -0.750. The molecule has 1 rings (SSSR count). The molecule has 7 heteroatoms. The number of pyridine rings is 1. The Labute approximate surface area is 117 Å². The molecule has 0 unspecified atom stereocenters. The van der Waals surface area contributed by atoms with Gasteiger partial charge >= 0.3 is 5.97 Å². The normalized spacial score (nSPS) is 10.8. The van der Waals surface area contributed by atoms with Gasteiger partial charge in [0.05, 0.1) is 18.7 Å². The lowest BCUT2D eigenvalue weighted by molar-refractivity contribution is -0.142. The van der Waals surface area contributed by atoms with Gasteiger partial charge in [-0.2, -0.15) is 0 Å². The zero-order valence-corrected chi connectivity index (χ0v) is 11.9. The van der Waals surface area contributed by atoms with Gasteiger partial charge in [0.25, 0.3) is 6.43 Å². The lowest BCUT2D eigenvalue weighted by Gasteiger charge is -2.12. The standard InChI is InChI=1S/C11H11BrClF2NO2/c1-2-18-9(17)4-6-3-8(13)16-7(5-12)10(6)11(14)15/h3,11H,2,4-5H2,1H3. The monoisotopic (exact) mass is 341 g/mol. The van der Waals surface area contributed by atoms with Crippen molar-refractivity contribution in [2.75, 3.05) is 6.61 Å². The highest BCUT2D eigenvalue weighted by Crippen LogP contribution is 2.29. The van der Waals surface area contributed by atoms with Gasteiger partial charge in [-0.15, -0.1) is 0 Å². The highest BCUT2D eigenvalue weighted by Gasteiger charge is 2.21. The van der Waals surface area contributed by atoms with Gasteiger partial charge in [0.2, 0.25) is 0 Å². The van der Waals surface area contributed by atoms with E-state index in [2.05, 4.69) is 20.9 Å². The van der Waals surface area contributed by atoms with Gasteiger partial charge in [-0.05, 0) is 18.6 Å². The van der Waals surface area contributed by atoms with Gasteiger partial charge in [0.15, 0.2) is 0 Å². The summed E-state index contributed by atoms with van der Waals surface area (Å²) >= 11 is 8.81. The first-order chi connectivity index (χ1) is 8.49. The zero-order chi connectivity index (χ0) is 13.7. The SMILES string of the molecule is CCOC(=O)Cc1cc(Cl)nc(CBr)c1C(F)F. The summed E-state index contributed by atoms with van der Waals surface area (Å²) in [5, 5.41) is 0.219. The molecule has 1 aromatic rings. The average molecular weight is 343 g/mol. The Balaban J connectivity index is 3.15. The molecule has 1 aromatic heterocycles. The minimum Gasteiger partial charge on any atom is -0.466 e. The van der Waals surface area contributed by atoms with Crippen LogP contribution in [-0.2, 0) is 21.3 Å². The first-order valence-corrected chi connectivity index (χ1v) is 6.67. The van der Waals surface area contributed by atoms with Gasteiger partial charge in [-0.3, -0.25) is 4.79 Å². The number of carbonyl (C=O) groups excluding carboxylic acids is 1. The molecule has 0 amide bonds. The van der Waals surface area contributed by atoms with Crippen LogP contribution in [0.1, 0.15) is 30.2 Å². The number of esters is 1.